The third-order valence-electron chi connectivity index (χ3n) is 16.5. The Morgan fingerprint density at radius 2 is 1.12 bits per heavy atom. The molecule has 7 saturated heterocycles. The van der Waals surface area contributed by atoms with Gasteiger partial charge in [-0.15, -0.1) is 41.7 Å². The molecule has 7 aliphatic heterocycles. The Bertz CT molecular complexity index is 2990. The van der Waals surface area contributed by atoms with E-state index in [1.807, 2.05) is 59.8 Å². The number of likely N-dealkylation sites (tertiary alicyclic amines) is 2. The van der Waals surface area contributed by atoms with Gasteiger partial charge in [-0.1, -0.05) is 75.1 Å². The molecule has 7 fully saturated rings. The van der Waals surface area contributed by atoms with E-state index in [0.717, 1.165) is 96.4 Å². The summed E-state index contributed by atoms with van der Waals surface area (Å²) in [5.41, 5.74) is 4.93. The van der Waals surface area contributed by atoms with Crippen LogP contribution in [0.3, 0.4) is 0 Å². The number of ether oxygens (including phenoxy) is 3. The number of nitrogens with zero attached hydrogens (tertiary/aromatic N) is 9. The number of nitrogens with two attached hydrogens (primary N) is 1. The standard InChI is InChI=1S/C19H31NO5.C14H25N7O2P.C11H19NO4.C8H15NO.C7H8O3S.CH5N.3CH3PS.F6P/c1-4-15(21)14-8-10-20(11-9-14)18(22)6-7-19(23)25-17-12-13(3)24-16(17)5-2;22-21(23)14-15-13-20(16-14)24(17-7-1-2-8-17,18-9-3-4-10-18)19-11-5-6-12-19;1-11(2,3)16-10(15)12-6-4-8(5-7-12)9(13)14;1-2-8(10)7-3-5-9-6-4-7;1-6-2-4-7(5-3-6)11(8,9)10;1-2;3*2-1-3;1-7(2,3,4,5)6/h13-14,16-17H,4-12H2,1-3H3;13H,1-12H2;8H,4-7H2,1-3H3,(H,13,14);7,9H,2-6H2,1H3;2-5H,1H3,(H,8,9,10);2H2,1H3;3*1H,2H2;/q;+1;;;;;;;;-1/p-1/t13-,16+,17+;;;;;;;;;/m0........./s1. The summed E-state index contributed by atoms with van der Waals surface area (Å²) in [4.78, 5) is 87.4. The summed E-state index contributed by atoms with van der Waals surface area (Å²) >= 11 is 12.7. The Kier molecular flexibility index (Phi) is 47.9. The molecule has 2 amide bonds. The van der Waals surface area contributed by atoms with Gasteiger partial charge in [-0.05, 0) is 176 Å². The van der Waals surface area contributed by atoms with Crippen molar-refractivity contribution in [2.24, 2.45) is 23.5 Å². The number of amides is 2. The van der Waals surface area contributed by atoms with Crippen LogP contribution in [0.1, 0.15) is 170 Å². The van der Waals surface area contributed by atoms with Crippen molar-refractivity contribution < 1.29 is 91.2 Å². The number of aryl methyl sites for hydroxylation is 1. The van der Waals surface area contributed by atoms with Gasteiger partial charge in [0.15, 0.2) is 0 Å². The second kappa shape index (κ2) is 49.6. The number of Topliss-reactive ketones (excluding diaryl/α,β-unsaturated/α-hetero) is 2. The van der Waals surface area contributed by atoms with Crippen LogP contribution >= 0.6 is 80.0 Å². The van der Waals surface area contributed by atoms with Gasteiger partial charge in [-0.25, -0.2) is 13.2 Å². The minimum atomic E-state index is -10.7. The van der Waals surface area contributed by atoms with Crippen LogP contribution in [-0.2, 0) is 48.3 Å². The Morgan fingerprint density at radius 3 is 1.48 bits per heavy atom. The number of carbonyl (C=O) groups excluding carboxylic acids is 5. The average Bonchev–Trinajstić information content (AvgIpc) is 1.54. The molecule has 0 saturated carbocycles. The van der Waals surface area contributed by atoms with Crippen LogP contribution in [0.15, 0.2) is 35.5 Å². The number of hydrogen-bond acceptors (Lipinski definition) is 24. The largest absolute Gasteiger partial charge is 0.494 e. The predicted octanol–water partition coefficient (Wildman–Crippen LogP) is 13.5. The molecule has 9 rings (SSSR count). The Hall–Kier alpha value is -3.55. The van der Waals surface area contributed by atoms with Crippen LogP contribution in [0.5, 0.6) is 0 Å². The maximum atomic E-state index is 12.3. The molecule has 0 spiro atoms. The number of benzene rings is 1. The molecule has 8 heterocycles. The number of nitro groups is 1. The number of thiocarbonyl (C=S) groups is 3. The van der Waals surface area contributed by atoms with Gasteiger partial charge in [0.1, 0.15) is 33.4 Å². The third-order valence-corrected chi connectivity index (χ3v) is 21.6. The summed E-state index contributed by atoms with van der Waals surface area (Å²) in [7, 11) is -8.69. The van der Waals surface area contributed by atoms with Gasteiger partial charge in [-0.3, -0.25) is 24.0 Å². The van der Waals surface area contributed by atoms with Gasteiger partial charge < -0.3 is 54.8 Å². The Morgan fingerprint density at radius 1 is 0.731 bits per heavy atom. The van der Waals surface area contributed by atoms with Crippen molar-refractivity contribution >= 4 is 147 Å². The fourth-order valence-corrected chi connectivity index (χ4v) is 17.0. The van der Waals surface area contributed by atoms with Gasteiger partial charge in [0.2, 0.25) is 5.91 Å². The van der Waals surface area contributed by atoms with Gasteiger partial charge in [0.25, 0.3) is 6.33 Å². The van der Waals surface area contributed by atoms with Crippen molar-refractivity contribution in [3.63, 3.8) is 0 Å². The van der Waals surface area contributed by atoms with Crippen molar-refractivity contribution in [2.75, 3.05) is 85.6 Å². The zero-order valence-corrected chi connectivity index (χ0v) is 69.6. The van der Waals surface area contributed by atoms with Gasteiger partial charge in [-0.2, -0.15) is 0 Å². The Balaban J connectivity index is 0.00000124. The van der Waals surface area contributed by atoms with E-state index in [4.69, 9.17) is 19.3 Å². The molecular weight excluding hydrogens is 1550 g/mol. The van der Waals surface area contributed by atoms with Crippen molar-refractivity contribution in [1.82, 2.24) is 43.7 Å². The molecule has 2 aromatic rings. The number of hydrogen-bond donors (Lipinski definition) is 3. The van der Waals surface area contributed by atoms with Crippen molar-refractivity contribution in [1.29, 1.82) is 0 Å². The number of ketones is 2. The molecule has 7 aliphatic rings. The smallest absolute Gasteiger partial charge is 0.390 e. The number of rotatable bonds is 16. The molecule has 1 aromatic heterocycles. The summed E-state index contributed by atoms with van der Waals surface area (Å²) in [5.74, 6) is -0.538. The first-order chi connectivity index (χ1) is 48.5. The minimum Gasteiger partial charge on any atom is -0.390 e. The minimum absolute atomic E-state index is 0.0255. The molecule has 41 heteroatoms. The second-order valence-corrected chi connectivity index (χ2v) is 35.2. The number of aliphatic carboxylic acids is 1. The van der Waals surface area contributed by atoms with Crippen LogP contribution in [0.2, 0.25) is 0 Å². The molecule has 0 radical (unpaired) electrons. The fraction of sp³-hybridized carbons (Fsp3) is 0.730. The van der Waals surface area contributed by atoms with E-state index in [9.17, 15) is 77.0 Å². The van der Waals surface area contributed by atoms with E-state index >= 15 is 0 Å². The number of esters is 1. The quantitative estimate of drug-likeness (QED) is 0.0267. The molecule has 4 N–H and O–H groups in total. The summed E-state index contributed by atoms with van der Waals surface area (Å²) in [6.45, 7) is 25.6. The molecule has 0 aliphatic carbocycles. The predicted molar refractivity (Wildman–Crippen MR) is 416 cm³/mol. The second-order valence-electron chi connectivity index (χ2n) is 25.4. The number of aromatic nitrogens is 3. The van der Waals surface area contributed by atoms with Crippen LogP contribution in [0.4, 0.5) is 35.9 Å². The topological polar surface area (TPSA) is 336 Å². The maximum Gasteiger partial charge on any atom is 0.494 e. The number of piperidine rings is 3. The summed E-state index contributed by atoms with van der Waals surface area (Å²) in [5, 5.41) is 32.0. The first-order valence-corrected chi connectivity index (χ1v) is 42.9. The van der Waals surface area contributed by atoms with Crippen molar-refractivity contribution in [3.05, 3.63) is 46.3 Å². The van der Waals surface area contributed by atoms with Crippen molar-refractivity contribution in [3.8, 4) is 0 Å². The van der Waals surface area contributed by atoms with E-state index in [2.05, 4.69) is 99.5 Å². The van der Waals surface area contributed by atoms with E-state index in [-0.39, 0.29) is 77.6 Å². The number of nitrogens with one attached hydrogen (secondary N) is 1. The van der Waals surface area contributed by atoms with Gasteiger partial charge >= 0.3 is 64.8 Å². The normalized spacial score (nSPS) is 20.2. The van der Waals surface area contributed by atoms with Gasteiger partial charge in [0.05, 0.1) is 34.5 Å². The Labute approximate surface area is 633 Å². The summed E-state index contributed by atoms with van der Waals surface area (Å²) in [6.07, 6.45) is 16.0. The first-order valence-electron chi connectivity index (χ1n) is 34.4. The first kappa shape index (κ1) is 100. The number of halogens is 6. The summed E-state index contributed by atoms with van der Waals surface area (Å²) < 4.78 is 116. The van der Waals surface area contributed by atoms with E-state index in [1.165, 1.54) is 73.0 Å². The van der Waals surface area contributed by atoms with Crippen molar-refractivity contribution in [2.45, 2.75) is 200 Å². The molecule has 6 atom stereocenters. The molecule has 600 valence electrons. The van der Waals surface area contributed by atoms with Crippen LogP contribution < -0.4 is 11.1 Å². The fourth-order valence-electron chi connectivity index (χ4n) is 11.8. The third kappa shape index (κ3) is 41.3. The summed E-state index contributed by atoms with van der Waals surface area (Å²) in [6, 6.07) is 5.78. The molecule has 0 bridgehead atoms. The molecule has 26 nitrogen and oxygen atoms in total. The molecule has 3 unspecified atom stereocenters. The van der Waals surface area contributed by atoms with Crippen LogP contribution in [0, 0.1) is 34.8 Å². The zero-order valence-electron chi connectivity index (χ0n) is 61.1. The maximum absolute atomic E-state index is 12.3. The monoisotopic (exact) mass is 1660 g/mol. The molecular formula is C63H111F6N11O15P5S4-. The van der Waals surface area contributed by atoms with Gasteiger partial charge in [0, 0.05) is 107 Å². The van der Waals surface area contributed by atoms with E-state index in [0.29, 0.717) is 63.6 Å². The molecule has 1 aromatic carbocycles. The molecule has 104 heavy (non-hydrogen) atoms. The van der Waals surface area contributed by atoms with Crippen LogP contribution in [-0.4, -0.2) is 222 Å². The SMILES string of the molecule is CC(C)(C)OC(=O)N1CCC(C(=O)O)CC1.CCC(=O)C1CCN(C(=O)CCC(=O)O[C@@H]2C[C@H](C)O[C@@H]2CC)CC1.CCC(=O)C1CCNCC1.CN.Cc1ccc(S(=O)(=O)[O-])cc1.F[P-](F)(F)(F)(F)F.O=[N+]([O-])c1ncn([P+](N2CCCC2)(N2CCCC2)N2CCCC2)n1.PC=S.PC=S.PC=S. The van der Waals surface area contributed by atoms with E-state index < -0.39 is 42.3 Å². The van der Waals surface area contributed by atoms with E-state index in [1.54, 1.807) is 28.3 Å². The number of carboxylic acids is 1. The number of carboxylic acid groups (broad SMARTS) is 1. The van der Waals surface area contributed by atoms with Crippen LogP contribution in [0.25, 0.3) is 0 Å². The number of carbonyl (C=O) groups is 6. The zero-order chi connectivity index (χ0) is 79.7. The average molecular weight is 1660 g/mol.